The second-order valence-corrected chi connectivity index (χ2v) is 2.51. The lowest BCUT2D eigenvalue weighted by atomic mass is 10.1. The van der Waals surface area contributed by atoms with E-state index < -0.39 is 6.10 Å². The van der Waals surface area contributed by atoms with Gasteiger partial charge in [0.2, 0.25) is 0 Å². The van der Waals surface area contributed by atoms with Crippen LogP contribution < -0.4 is 4.74 Å². The van der Waals surface area contributed by atoms with Crippen LogP contribution in [-0.4, -0.2) is 23.6 Å². The predicted molar refractivity (Wildman–Crippen MR) is 45.7 cm³/mol. The van der Waals surface area contributed by atoms with Crippen molar-refractivity contribution in [1.82, 2.24) is 0 Å². The summed E-state index contributed by atoms with van der Waals surface area (Å²) in [6.07, 6.45) is -0.763. The summed E-state index contributed by atoms with van der Waals surface area (Å²) in [6.45, 7) is 0. The van der Waals surface area contributed by atoms with Crippen LogP contribution in [0.15, 0.2) is 18.2 Å². The molecule has 1 atom stereocenters. The Balaban J connectivity index is 3.05. The maximum Gasteiger partial charge on any atom is 0.160 e. The molecular weight excluding hydrogens is 172 g/mol. The summed E-state index contributed by atoms with van der Waals surface area (Å²) in [5.41, 5.74) is 0.393. The first kappa shape index (κ1) is 9.54. The first-order valence-corrected chi connectivity index (χ1v) is 3.69. The van der Waals surface area contributed by atoms with Gasteiger partial charge in [-0.2, -0.15) is 0 Å². The minimum atomic E-state index is -1.17. The van der Waals surface area contributed by atoms with Crippen LogP contribution in [0.25, 0.3) is 0 Å². The van der Waals surface area contributed by atoms with Gasteiger partial charge in [0.25, 0.3) is 0 Å². The molecule has 1 aromatic rings. The molecule has 0 radical (unpaired) electrons. The molecule has 0 bridgehead atoms. The van der Waals surface area contributed by atoms with Crippen LogP contribution in [0.1, 0.15) is 11.7 Å². The molecule has 0 saturated heterocycles. The van der Waals surface area contributed by atoms with Gasteiger partial charge >= 0.3 is 0 Å². The monoisotopic (exact) mass is 182 g/mol. The number of aliphatic hydroxyl groups excluding tert-OH is 1. The third kappa shape index (κ3) is 1.97. The number of phenols is 1. The van der Waals surface area contributed by atoms with E-state index in [1.54, 1.807) is 0 Å². The molecule has 0 fully saturated rings. The maximum absolute atomic E-state index is 10.2. The molecule has 0 unspecified atom stereocenters. The number of carbonyl (C=O) groups is 1. The van der Waals surface area contributed by atoms with Gasteiger partial charge in [-0.15, -0.1) is 0 Å². The third-order valence-electron chi connectivity index (χ3n) is 1.67. The normalized spacial score (nSPS) is 12.2. The summed E-state index contributed by atoms with van der Waals surface area (Å²) in [7, 11) is 1.39. The zero-order chi connectivity index (χ0) is 9.84. The molecule has 4 nitrogen and oxygen atoms in total. The van der Waals surface area contributed by atoms with E-state index in [0.29, 0.717) is 11.8 Å². The van der Waals surface area contributed by atoms with Crippen LogP contribution in [0.5, 0.6) is 11.5 Å². The van der Waals surface area contributed by atoms with Gasteiger partial charge in [0.15, 0.2) is 17.8 Å². The van der Waals surface area contributed by atoms with E-state index in [1.807, 2.05) is 0 Å². The van der Waals surface area contributed by atoms with E-state index in [1.165, 1.54) is 25.3 Å². The zero-order valence-corrected chi connectivity index (χ0v) is 7.10. The van der Waals surface area contributed by atoms with Gasteiger partial charge in [-0.25, -0.2) is 0 Å². The average Bonchev–Trinajstić information content (AvgIpc) is 2.17. The molecule has 1 rings (SSSR count). The molecular formula is C9H10O4. The first-order valence-electron chi connectivity index (χ1n) is 3.69. The fourth-order valence-electron chi connectivity index (χ4n) is 0.957. The lowest BCUT2D eigenvalue weighted by molar-refractivity contribution is -0.115. The smallest absolute Gasteiger partial charge is 0.160 e. The Morgan fingerprint density at radius 2 is 2.23 bits per heavy atom. The number of methoxy groups -OCH3 is 1. The second kappa shape index (κ2) is 3.91. The van der Waals surface area contributed by atoms with Gasteiger partial charge in [-0.3, -0.25) is 0 Å². The molecule has 0 aliphatic rings. The molecule has 0 spiro atoms. The average molecular weight is 182 g/mol. The molecule has 0 aliphatic heterocycles. The zero-order valence-electron chi connectivity index (χ0n) is 7.10. The summed E-state index contributed by atoms with van der Waals surface area (Å²) < 4.78 is 4.80. The minimum Gasteiger partial charge on any atom is -0.504 e. The van der Waals surface area contributed by atoms with Gasteiger partial charge < -0.3 is 19.7 Å². The summed E-state index contributed by atoms with van der Waals surface area (Å²) >= 11 is 0. The SMILES string of the molecule is COc1cc([C@@H](O)C=O)ccc1O. The number of hydrogen-bond donors (Lipinski definition) is 2. The van der Waals surface area contributed by atoms with E-state index in [2.05, 4.69) is 0 Å². The number of ether oxygens (including phenoxy) is 1. The second-order valence-electron chi connectivity index (χ2n) is 2.51. The van der Waals surface area contributed by atoms with E-state index in [4.69, 9.17) is 9.84 Å². The molecule has 13 heavy (non-hydrogen) atoms. The molecule has 4 heteroatoms. The van der Waals surface area contributed by atoms with E-state index in [0.717, 1.165) is 0 Å². The van der Waals surface area contributed by atoms with Gasteiger partial charge in [0, 0.05) is 0 Å². The standard InChI is InChI=1S/C9H10O4/c1-13-9-4-6(8(12)5-10)2-3-7(9)11/h2-5,8,11-12H,1H3/t8-/m0/s1. The molecule has 70 valence electrons. The van der Waals surface area contributed by atoms with Gasteiger partial charge in [-0.1, -0.05) is 6.07 Å². The van der Waals surface area contributed by atoms with E-state index >= 15 is 0 Å². The number of aliphatic hydroxyl groups is 1. The highest BCUT2D eigenvalue weighted by molar-refractivity contribution is 5.60. The van der Waals surface area contributed by atoms with Crippen LogP contribution in [0.4, 0.5) is 0 Å². The van der Waals surface area contributed by atoms with Crippen molar-refractivity contribution in [2.24, 2.45) is 0 Å². The highest BCUT2D eigenvalue weighted by Gasteiger charge is 2.08. The van der Waals surface area contributed by atoms with Crippen LogP contribution in [0, 0.1) is 0 Å². The molecule has 0 heterocycles. The number of aldehydes is 1. The van der Waals surface area contributed by atoms with Crippen molar-refractivity contribution < 1.29 is 19.7 Å². The van der Waals surface area contributed by atoms with Crippen LogP contribution >= 0.6 is 0 Å². The molecule has 0 amide bonds. The van der Waals surface area contributed by atoms with Crippen LogP contribution in [0.3, 0.4) is 0 Å². The topological polar surface area (TPSA) is 66.8 Å². The molecule has 2 N–H and O–H groups in total. The summed E-state index contributed by atoms with van der Waals surface area (Å²) in [5, 5.41) is 18.3. The fraction of sp³-hybridized carbons (Fsp3) is 0.222. The highest BCUT2D eigenvalue weighted by Crippen LogP contribution is 2.28. The van der Waals surface area contributed by atoms with Gasteiger partial charge in [0.05, 0.1) is 7.11 Å². The number of carbonyl (C=O) groups excluding carboxylic acids is 1. The Labute approximate surface area is 75.4 Å². The molecule has 0 aromatic heterocycles. The Morgan fingerprint density at radius 3 is 2.77 bits per heavy atom. The van der Waals surface area contributed by atoms with Gasteiger partial charge in [0.1, 0.15) is 6.10 Å². The predicted octanol–water partition coefficient (Wildman–Crippen LogP) is 0.633. The van der Waals surface area contributed by atoms with Gasteiger partial charge in [-0.05, 0) is 17.7 Å². The Hall–Kier alpha value is -1.55. The first-order chi connectivity index (χ1) is 6.19. The van der Waals surface area contributed by atoms with Crippen molar-refractivity contribution in [3.05, 3.63) is 23.8 Å². The Kier molecular flexibility index (Phi) is 2.87. The fourth-order valence-corrected chi connectivity index (χ4v) is 0.957. The van der Waals surface area contributed by atoms with Crippen LogP contribution in [0.2, 0.25) is 0 Å². The Morgan fingerprint density at radius 1 is 1.54 bits per heavy atom. The summed E-state index contributed by atoms with van der Waals surface area (Å²) in [4.78, 5) is 10.2. The molecule has 1 aromatic carbocycles. The third-order valence-corrected chi connectivity index (χ3v) is 1.67. The quantitative estimate of drug-likeness (QED) is 0.673. The van der Waals surface area contributed by atoms with E-state index in [-0.39, 0.29) is 11.5 Å². The largest absolute Gasteiger partial charge is 0.504 e. The molecule has 0 aliphatic carbocycles. The molecule has 0 saturated carbocycles. The van der Waals surface area contributed by atoms with E-state index in [9.17, 15) is 9.90 Å². The van der Waals surface area contributed by atoms with Crippen molar-refractivity contribution in [2.45, 2.75) is 6.10 Å². The van der Waals surface area contributed by atoms with Crippen molar-refractivity contribution in [1.29, 1.82) is 0 Å². The minimum absolute atomic E-state index is 0.0238. The summed E-state index contributed by atoms with van der Waals surface area (Å²) in [5.74, 6) is 0.211. The van der Waals surface area contributed by atoms with Crippen molar-refractivity contribution in [3.63, 3.8) is 0 Å². The van der Waals surface area contributed by atoms with Crippen molar-refractivity contribution >= 4 is 6.29 Å². The lowest BCUT2D eigenvalue weighted by Crippen LogP contribution is -1.98. The number of rotatable bonds is 3. The number of phenolic OH excluding ortho intramolecular Hbond substituents is 1. The maximum atomic E-state index is 10.2. The highest BCUT2D eigenvalue weighted by atomic mass is 16.5. The number of hydrogen-bond acceptors (Lipinski definition) is 4. The van der Waals surface area contributed by atoms with Crippen LogP contribution in [-0.2, 0) is 4.79 Å². The Bertz CT molecular complexity index is 308. The number of aromatic hydroxyl groups is 1. The lowest BCUT2D eigenvalue weighted by Gasteiger charge is -2.07. The summed E-state index contributed by atoms with van der Waals surface area (Å²) in [6, 6.07) is 4.23. The van der Waals surface area contributed by atoms with Crippen molar-refractivity contribution in [3.8, 4) is 11.5 Å². The van der Waals surface area contributed by atoms with Crippen molar-refractivity contribution in [2.75, 3.05) is 7.11 Å². The number of benzene rings is 1.